The number of hydrogen-bond donors (Lipinski definition) is 0. The van der Waals surface area contributed by atoms with Crippen molar-refractivity contribution in [1.82, 2.24) is 19.6 Å². The van der Waals surface area contributed by atoms with Gasteiger partial charge in [-0.25, -0.2) is 13.1 Å². The summed E-state index contributed by atoms with van der Waals surface area (Å²) in [6.45, 7) is 5.74. The van der Waals surface area contributed by atoms with Gasteiger partial charge in [0.05, 0.1) is 32.8 Å². The van der Waals surface area contributed by atoms with Crippen LogP contribution in [0.25, 0.3) is 27.5 Å². The molecule has 160 valence electrons. The number of para-hydroxylation sites is 1. The number of carbonyl (C=O) groups excluding carboxylic acids is 1. The monoisotopic (exact) mass is 467 g/mol. The first kappa shape index (κ1) is 26.0. The van der Waals surface area contributed by atoms with Gasteiger partial charge in [-0.1, -0.05) is 38.0 Å². The summed E-state index contributed by atoms with van der Waals surface area (Å²) in [4.78, 5) is 12.2. The Morgan fingerprint density at radius 2 is 1.84 bits per heavy atom. The quantitative estimate of drug-likeness (QED) is 0.277. The number of aromatic nitrogens is 4. The first-order valence-electron chi connectivity index (χ1n) is 9.89. The molecule has 0 radical (unpaired) electrons. The Labute approximate surface area is 225 Å². The minimum Gasteiger partial charge on any atom is -0.542 e. The molecule has 31 heavy (non-hydrogen) atoms. The van der Waals surface area contributed by atoms with Crippen molar-refractivity contribution in [1.29, 1.82) is 0 Å². The maximum Gasteiger partial charge on any atom is 1.00 e. The van der Waals surface area contributed by atoms with Crippen LogP contribution in [0.4, 0.5) is 0 Å². The third-order valence-electron chi connectivity index (χ3n) is 4.84. The van der Waals surface area contributed by atoms with Crippen LogP contribution >= 0.6 is 0 Å². The van der Waals surface area contributed by atoms with E-state index in [9.17, 15) is 13.2 Å². The second-order valence-electron chi connectivity index (χ2n) is 7.22. The molecule has 2 heterocycles. The molecular weight excluding hydrogens is 441 g/mol. The predicted molar refractivity (Wildman–Crippen MR) is 118 cm³/mol. The van der Waals surface area contributed by atoms with Gasteiger partial charge in [0.25, 0.3) is 0 Å². The molecule has 0 N–H and O–H groups in total. The zero-order chi connectivity index (χ0) is 21.9. The average Bonchev–Trinajstić information content (AvgIpc) is 3.15. The van der Waals surface area contributed by atoms with Crippen LogP contribution in [-0.4, -0.2) is 39.6 Å². The summed E-state index contributed by atoms with van der Waals surface area (Å²) in [5.74, 6) is -0.232. The van der Waals surface area contributed by atoms with Crippen LogP contribution < -0.4 is 51.4 Å². The van der Waals surface area contributed by atoms with Crippen molar-refractivity contribution >= 4 is 32.9 Å². The Kier molecular flexibility index (Phi) is 9.22. The number of nitrogens with zero attached hydrogens (tertiary/aromatic N) is 5. The van der Waals surface area contributed by atoms with Crippen LogP contribution in [0, 0.1) is 13.8 Å². The van der Waals surface area contributed by atoms with Gasteiger partial charge in [0.15, 0.2) is 5.82 Å². The molecule has 0 bridgehead atoms. The Balaban J connectivity index is 0.00000341. The predicted octanol–water partition coefficient (Wildman–Crippen LogP) is 0.813. The fraction of sp³-hybridized carbons (Fsp3) is 0.381. The molecular formula is C21H26KN5O3S. The number of hydrogen-bond acceptors (Lipinski definition) is 5. The van der Waals surface area contributed by atoms with Crippen molar-refractivity contribution in [2.24, 2.45) is 7.05 Å². The summed E-state index contributed by atoms with van der Waals surface area (Å²) in [6.07, 6.45) is 4.90. The molecule has 0 aliphatic rings. The van der Waals surface area contributed by atoms with E-state index in [-0.39, 0.29) is 57.1 Å². The molecule has 2 aromatic heterocycles. The summed E-state index contributed by atoms with van der Waals surface area (Å²) in [6, 6.07) is 7.86. The molecule has 0 spiro atoms. The molecule has 0 fully saturated rings. The van der Waals surface area contributed by atoms with Crippen LogP contribution in [0.2, 0.25) is 0 Å². The molecule has 3 aromatic rings. The number of fused-ring (bicyclic) bond motifs is 1. The second kappa shape index (κ2) is 11.0. The molecule has 10 heteroatoms. The van der Waals surface area contributed by atoms with E-state index in [1.54, 1.807) is 22.5 Å². The Morgan fingerprint density at radius 1 is 1.13 bits per heavy atom. The largest absolute Gasteiger partial charge is 1.00 e. The van der Waals surface area contributed by atoms with Gasteiger partial charge in [-0.15, -0.1) is 0 Å². The number of amides is 1. The van der Waals surface area contributed by atoms with E-state index in [0.717, 1.165) is 29.4 Å². The van der Waals surface area contributed by atoms with Crippen LogP contribution in [0.5, 0.6) is 0 Å². The summed E-state index contributed by atoms with van der Waals surface area (Å²) < 4.78 is 30.8. The molecule has 1 aromatic carbocycles. The van der Waals surface area contributed by atoms with Crippen molar-refractivity contribution < 1.29 is 64.6 Å². The van der Waals surface area contributed by atoms with E-state index in [0.29, 0.717) is 23.5 Å². The van der Waals surface area contributed by atoms with Crippen LogP contribution in [0.3, 0.4) is 0 Å². The van der Waals surface area contributed by atoms with E-state index in [1.165, 1.54) is 6.08 Å². The molecule has 0 unspecified atom stereocenters. The molecule has 0 saturated carbocycles. The summed E-state index contributed by atoms with van der Waals surface area (Å²) >= 11 is 0. The summed E-state index contributed by atoms with van der Waals surface area (Å²) in [5, 5.41) is 10.1. The Hall–Kier alpha value is -1.30. The van der Waals surface area contributed by atoms with E-state index in [4.69, 9.17) is 0 Å². The normalized spacial score (nSPS) is 11.7. The number of aryl methyl sites for hydroxylation is 3. The first-order chi connectivity index (χ1) is 14.2. The minimum absolute atomic E-state index is 0. The van der Waals surface area contributed by atoms with Crippen molar-refractivity contribution in [3.63, 3.8) is 0 Å². The molecule has 1 amide bonds. The van der Waals surface area contributed by atoms with Crippen LogP contribution in [0.1, 0.15) is 43.1 Å². The van der Waals surface area contributed by atoms with Crippen molar-refractivity contribution in [2.45, 2.75) is 40.0 Å². The Morgan fingerprint density at radius 3 is 2.55 bits per heavy atom. The fourth-order valence-electron chi connectivity index (χ4n) is 3.39. The van der Waals surface area contributed by atoms with E-state index in [2.05, 4.69) is 14.9 Å². The zero-order valence-corrected chi connectivity index (χ0v) is 22.6. The number of benzene rings is 1. The zero-order valence-electron chi connectivity index (χ0n) is 18.7. The van der Waals surface area contributed by atoms with E-state index in [1.807, 2.05) is 45.0 Å². The van der Waals surface area contributed by atoms with Gasteiger partial charge in [-0.3, -0.25) is 4.68 Å². The standard InChI is InChI=1S/C21H27N5O3S.K/c1-5-6-9-14-30(28,29)24-20(27)13-12-18-16(3)22-25(4)21(18)26-19-11-8-7-10-17(19)15(2)23-26;/h7-8,10-13H,5-6,9,14H2,1-4H3,(H,24,27);/q;+1/p-1/b13-12+;. The second-order valence-corrected chi connectivity index (χ2v) is 8.97. The number of rotatable bonds is 8. The smallest absolute Gasteiger partial charge is 0.542 e. The van der Waals surface area contributed by atoms with Crippen LogP contribution in [-0.2, 0) is 21.9 Å². The third kappa shape index (κ3) is 6.14. The van der Waals surface area contributed by atoms with Gasteiger partial charge < -0.3 is 9.52 Å². The molecule has 0 saturated heterocycles. The summed E-state index contributed by atoms with van der Waals surface area (Å²) in [7, 11) is -1.96. The van der Waals surface area contributed by atoms with E-state index < -0.39 is 15.9 Å². The SMILES string of the molecule is CCCCCS(=O)(=O)[N-]C(=O)/C=C/c1c(C)nn(C)c1-n1nc(C)c2ccccc21.[K+]. The minimum atomic E-state index is -3.76. The molecule has 0 aliphatic carbocycles. The van der Waals surface area contributed by atoms with Gasteiger partial charge in [-0.2, -0.15) is 10.2 Å². The molecule has 0 aliphatic heterocycles. The molecule has 8 nitrogen and oxygen atoms in total. The van der Waals surface area contributed by atoms with Gasteiger partial charge >= 0.3 is 51.4 Å². The first-order valence-corrected chi connectivity index (χ1v) is 11.5. The maximum atomic E-state index is 12.2. The third-order valence-corrected chi connectivity index (χ3v) is 6.10. The molecule has 0 atom stereocenters. The van der Waals surface area contributed by atoms with Crippen molar-refractivity contribution in [3.8, 4) is 5.82 Å². The fourth-order valence-corrected chi connectivity index (χ4v) is 4.39. The molecule has 3 rings (SSSR count). The number of unbranched alkanes of at least 4 members (excludes halogenated alkanes) is 2. The average molecular weight is 468 g/mol. The topological polar surface area (TPSA) is 101 Å². The van der Waals surface area contributed by atoms with E-state index >= 15 is 0 Å². The van der Waals surface area contributed by atoms with Crippen LogP contribution in [0.15, 0.2) is 30.3 Å². The number of sulfonamides is 1. The maximum absolute atomic E-state index is 12.2. The van der Waals surface area contributed by atoms with Gasteiger partial charge in [0.1, 0.15) is 0 Å². The van der Waals surface area contributed by atoms with Crippen molar-refractivity contribution in [2.75, 3.05) is 5.75 Å². The van der Waals surface area contributed by atoms with Crippen molar-refractivity contribution in [3.05, 3.63) is 52.0 Å². The number of carbonyl (C=O) groups is 1. The summed E-state index contributed by atoms with van der Waals surface area (Å²) in [5.41, 5.74) is 3.17. The Bertz CT molecular complexity index is 1210. The van der Waals surface area contributed by atoms with Gasteiger partial charge in [0, 0.05) is 23.8 Å². The van der Waals surface area contributed by atoms with Gasteiger partial charge in [0.2, 0.25) is 0 Å². The van der Waals surface area contributed by atoms with Gasteiger partial charge in [-0.05, 0) is 38.5 Å².